The van der Waals surface area contributed by atoms with Crippen LogP contribution in [0, 0.1) is 23.7 Å². The molecule has 4 atom stereocenters. The number of fused-ring (bicyclic) bond motifs is 5. The number of allylic oxidation sites excluding steroid dienone is 2. The van der Waals surface area contributed by atoms with E-state index in [1.807, 2.05) is 0 Å². The molecule has 6 aromatic carbocycles. The second-order valence-electron chi connectivity index (χ2n) is 19.7. The van der Waals surface area contributed by atoms with Gasteiger partial charge in [-0.3, -0.25) is 0 Å². The zero-order valence-electron chi connectivity index (χ0n) is 38.0. The third-order valence-corrected chi connectivity index (χ3v) is 37.4. The molecule has 62 heavy (non-hydrogen) atoms. The molecular formula is C58H63Cl2SiZr. The van der Waals surface area contributed by atoms with Gasteiger partial charge in [0.15, 0.2) is 0 Å². The van der Waals surface area contributed by atoms with Crippen LogP contribution in [0.5, 0.6) is 0 Å². The van der Waals surface area contributed by atoms with E-state index in [9.17, 15) is 17.0 Å². The Morgan fingerprint density at radius 2 is 0.968 bits per heavy atom. The van der Waals surface area contributed by atoms with Crippen molar-refractivity contribution in [3.8, 4) is 33.4 Å². The molecule has 0 saturated carbocycles. The van der Waals surface area contributed by atoms with E-state index in [0.717, 1.165) is 25.7 Å². The fourth-order valence-electron chi connectivity index (χ4n) is 11.7. The third-order valence-electron chi connectivity index (χ3n) is 14.8. The van der Waals surface area contributed by atoms with Gasteiger partial charge in [0.25, 0.3) is 0 Å². The summed E-state index contributed by atoms with van der Waals surface area (Å²) in [5.74, 6) is 1.64. The van der Waals surface area contributed by atoms with Gasteiger partial charge in [0.05, 0.1) is 0 Å². The molecule has 1 heterocycles. The SMILES string of the molecule is CCC(C)C1=Cc2c(ccc(CC(C)C)c2-c2ccccc2)[CH]1[Zr]([Cl])([Cl])([c]1cccc2c1[SiH2]c1ccccc1-2)[CH]1C(C(C)CC)=Cc2c1ccc(CC(C)C)c2-c1ccccc1. The van der Waals surface area contributed by atoms with Crippen LogP contribution in [0.1, 0.15) is 109 Å². The normalized spacial score (nSPS) is 18.5. The maximum absolute atomic E-state index is 9.57. The number of hydrogen-bond acceptors (Lipinski definition) is 0. The first-order valence-electron chi connectivity index (χ1n) is 23.5. The molecule has 0 spiro atoms. The first-order valence-corrected chi connectivity index (χ1v) is 35.3. The molecule has 0 nitrogen and oxygen atoms in total. The van der Waals surface area contributed by atoms with Crippen molar-refractivity contribution in [2.75, 3.05) is 0 Å². The molecule has 6 aromatic rings. The average molecular weight is 950 g/mol. The predicted octanol–water partition coefficient (Wildman–Crippen LogP) is 14.5. The fraction of sp³-hybridized carbons (Fsp3) is 0.310. The van der Waals surface area contributed by atoms with Gasteiger partial charge in [0.2, 0.25) is 0 Å². The van der Waals surface area contributed by atoms with Crippen molar-refractivity contribution in [2.45, 2.75) is 88.3 Å². The predicted molar refractivity (Wildman–Crippen MR) is 272 cm³/mol. The van der Waals surface area contributed by atoms with E-state index < -0.39 is 25.9 Å². The molecule has 2 aliphatic carbocycles. The second-order valence-corrected chi connectivity index (χ2v) is 42.2. The average Bonchev–Trinajstić information content (AvgIpc) is 3.99. The Morgan fingerprint density at radius 3 is 1.44 bits per heavy atom. The summed E-state index contributed by atoms with van der Waals surface area (Å²) >= 11 is -5.76. The molecule has 0 amide bonds. The minimum atomic E-state index is -5.76. The summed E-state index contributed by atoms with van der Waals surface area (Å²) in [7, 11) is 18.2. The number of rotatable bonds is 13. The molecule has 0 radical (unpaired) electrons. The van der Waals surface area contributed by atoms with Crippen molar-refractivity contribution in [1.29, 1.82) is 0 Å². The van der Waals surface area contributed by atoms with Crippen molar-refractivity contribution in [3.63, 3.8) is 0 Å². The zero-order chi connectivity index (χ0) is 43.5. The Kier molecular flexibility index (Phi) is 12.1. The fourth-order valence-corrected chi connectivity index (χ4v) is 39.7. The van der Waals surface area contributed by atoms with Gasteiger partial charge in [-0.25, -0.2) is 0 Å². The van der Waals surface area contributed by atoms with E-state index >= 15 is 0 Å². The number of halogens is 2. The summed E-state index contributed by atoms with van der Waals surface area (Å²) in [6.07, 6.45) is 9.26. The molecule has 4 unspecified atom stereocenters. The summed E-state index contributed by atoms with van der Waals surface area (Å²) in [5.41, 5.74) is 19.1. The van der Waals surface area contributed by atoms with Gasteiger partial charge in [-0.1, -0.05) is 0 Å². The van der Waals surface area contributed by atoms with Crippen LogP contribution in [-0.2, 0) is 29.2 Å². The van der Waals surface area contributed by atoms with Crippen molar-refractivity contribution < 1.29 is 16.4 Å². The zero-order valence-corrected chi connectivity index (χ0v) is 43.4. The van der Waals surface area contributed by atoms with Gasteiger partial charge in [-0.15, -0.1) is 0 Å². The molecular weight excluding hydrogens is 887 g/mol. The Balaban J connectivity index is 1.42. The molecule has 9 rings (SSSR count). The molecule has 317 valence electrons. The minimum absolute atomic E-state index is 0.108. The summed E-state index contributed by atoms with van der Waals surface area (Å²) in [4.78, 5) is 0. The van der Waals surface area contributed by atoms with E-state index in [1.165, 1.54) is 91.6 Å². The van der Waals surface area contributed by atoms with Crippen LogP contribution in [0.3, 0.4) is 0 Å². The van der Waals surface area contributed by atoms with Crippen molar-refractivity contribution >= 4 is 52.3 Å². The summed E-state index contributed by atoms with van der Waals surface area (Å²) in [5, 5.41) is 2.99. The van der Waals surface area contributed by atoms with E-state index in [-0.39, 0.29) is 7.25 Å². The molecule has 4 heteroatoms. The van der Waals surface area contributed by atoms with Gasteiger partial charge in [0, 0.05) is 0 Å². The van der Waals surface area contributed by atoms with Crippen LogP contribution in [0.15, 0.2) is 139 Å². The van der Waals surface area contributed by atoms with Crippen LogP contribution >= 0.6 is 17.0 Å². The number of hydrogen-bond donors (Lipinski definition) is 0. The quantitative estimate of drug-likeness (QED) is 0.101. The van der Waals surface area contributed by atoms with Crippen molar-refractivity contribution in [3.05, 3.63) is 172 Å². The van der Waals surface area contributed by atoms with Gasteiger partial charge < -0.3 is 0 Å². The van der Waals surface area contributed by atoms with E-state index in [1.54, 1.807) is 0 Å². The van der Waals surface area contributed by atoms with E-state index in [2.05, 4.69) is 195 Å². The molecule has 0 fully saturated rings. The second kappa shape index (κ2) is 17.1. The maximum atomic E-state index is 9.57. The van der Waals surface area contributed by atoms with Gasteiger partial charge in [-0.2, -0.15) is 0 Å². The third kappa shape index (κ3) is 7.19. The Hall–Kier alpha value is -3.52. The summed E-state index contributed by atoms with van der Waals surface area (Å²) in [6, 6.07) is 48.4. The van der Waals surface area contributed by atoms with Crippen molar-refractivity contribution in [2.24, 2.45) is 23.7 Å². The molecule has 1 aliphatic heterocycles. The first-order chi connectivity index (χ1) is 29.8. The van der Waals surface area contributed by atoms with Crippen LogP contribution < -0.4 is 13.6 Å². The van der Waals surface area contributed by atoms with Gasteiger partial charge >= 0.3 is 386 Å². The Morgan fingerprint density at radius 1 is 0.516 bits per heavy atom. The molecule has 0 saturated heterocycles. The van der Waals surface area contributed by atoms with Crippen LogP contribution in [0.2, 0.25) is 0 Å². The monoisotopic (exact) mass is 947 g/mol. The first kappa shape index (κ1) is 43.7. The Bertz CT molecular complexity index is 2590. The molecule has 0 bridgehead atoms. The standard InChI is InChI=1S/2C23H27.C12H9Si.2ClH.Zr/c2*1-5-17(4)21-14-19-11-12-20(13-16(2)3)23(22(19)15-21)18-9-7-6-8-10-18;1-3-7-11-9(5-1)10-6-2-4-8-12(10)13-11;;;/h2*6-12,14-17H,5,13H2,1-4H3;1-7H,13H2;2*1H;/q;;;;;+2/p-2. The van der Waals surface area contributed by atoms with Crippen LogP contribution in [0.4, 0.5) is 0 Å². The van der Waals surface area contributed by atoms with Crippen LogP contribution in [-0.4, -0.2) is 9.52 Å². The summed E-state index contributed by atoms with van der Waals surface area (Å²) < 4.78 is 1.10. The van der Waals surface area contributed by atoms with Crippen LogP contribution in [0.25, 0.3) is 45.5 Å². The van der Waals surface area contributed by atoms with E-state index in [0.29, 0.717) is 23.7 Å². The van der Waals surface area contributed by atoms with Gasteiger partial charge in [0.1, 0.15) is 0 Å². The van der Waals surface area contributed by atoms with Gasteiger partial charge in [-0.05, 0) is 0 Å². The molecule has 0 N–H and O–H groups in total. The summed E-state index contributed by atoms with van der Waals surface area (Å²) in [6.45, 7) is 18.9. The Labute approximate surface area is 383 Å². The number of benzene rings is 6. The molecule has 3 aliphatic rings. The van der Waals surface area contributed by atoms with E-state index in [4.69, 9.17) is 0 Å². The van der Waals surface area contributed by atoms with Crippen molar-refractivity contribution in [1.82, 2.24) is 0 Å². The molecule has 0 aromatic heterocycles. The topological polar surface area (TPSA) is 0 Å².